The average Bonchev–Trinajstić information content (AvgIpc) is 2.71. The van der Waals surface area contributed by atoms with Crippen molar-refractivity contribution >= 4 is 29.1 Å². The van der Waals surface area contributed by atoms with Gasteiger partial charge in [0.05, 0.1) is 23.7 Å². The standard InChI is InChI=1S/C21H24Cl2N2O2/c1-27-17-8-5-15(6-9-17)20(25-11-3-2-4-12-25)14-24-21(26)18-13-16(22)7-10-19(18)23/h5-10,13,20H,2-4,11-12,14H2,1H3,(H,24,26). The normalized spacial score (nSPS) is 16.0. The van der Waals surface area contributed by atoms with Gasteiger partial charge in [0.1, 0.15) is 5.75 Å². The maximum atomic E-state index is 12.6. The van der Waals surface area contributed by atoms with Crippen LogP contribution in [-0.2, 0) is 0 Å². The minimum Gasteiger partial charge on any atom is -0.497 e. The number of nitrogens with one attached hydrogen (secondary N) is 1. The molecule has 0 aromatic heterocycles. The molecule has 144 valence electrons. The predicted octanol–water partition coefficient (Wildman–Crippen LogP) is 4.96. The highest BCUT2D eigenvalue weighted by atomic mass is 35.5. The van der Waals surface area contributed by atoms with Crippen molar-refractivity contribution in [3.05, 3.63) is 63.6 Å². The molecule has 4 nitrogen and oxygen atoms in total. The summed E-state index contributed by atoms with van der Waals surface area (Å²) in [6, 6.07) is 13.1. The van der Waals surface area contributed by atoms with E-state index in [0.717, 1.165) is 24.4 Å². The first-order chi connectivity index (χ1) is 13.1. The van der Waals surface area contributed by atoms with Gasteiger partial charge < -0.3 is 10.1 Å². The van der Waals surface area contributed by atoms with E-state index in [9.17, 15) is 4.79 Å². The Labute approximate surface area is 170 Å². The molecule has 0 saturated carbocycles. The van der Waals surface area contributed by atoms with E-state index >= 15 is 0 Å². The van der Waals surface area contributed by atoms with E-state index in [1.54, 1.807) is 25.3 Å². The summed E-state index contributed by atoms with van der Waals surface area (Å²) in [5, 5.41) is 3.93. The summed E-state index contributed by atoms with van der Waals surface area (Å²) in [6.07, 6.45) is 3.62. The Morgan fingerprint density at radius 3 is 2.48 bits per heavy atom. The van der Waals surface area contributed by atoms with E-state index in [1.165, 1.54) is 19.3 Å². The number of carbonyl (C=O) groups is 1. The first kappa shape index (κ1) is 20.0. The summed E-state index contributed by atoms with van der Waals surface area (Å²) in [5.74, 6) is 0.615. The van der Waals surface area contributed by atoms with Crippen LogP contribution in [0, 0.1) is 0 Å². The van der Waals surface area contributed by atoms with Crippen molar-refractivity contribution in [1.29, 1.82) is 0 Å². The Hall–Kier alpha value is -1.75. The molecular formula is C21H24Cl2N2O2. The zero-order valence-corrected chi connectivity index (χ0v) is 16.9. The molecule has 1 N–H and O–H groups in total. The third-order valence-corrected chi connectivity index (χ3v) is 5.53. The second-order valence-electron chi connectivity index (χ2n) is 6.72. The van der Waals surface area contributed by atoms with E-state index in [2.05, 4.69) is 22.3 Å². The number of nitrogens with zero attached hydrogens (tertiary/aromatic N) is 1. The molecule has 0 radical (unpaired) electrons. The second kappa shape index (κ2) is 9.45. The summed E-state index contributed by atoms with van der Waals surface area (Å²) >= 11 is 12.2. The lowest BCUT2D eigenvalue weighted by Gasteiger charge is -2.35. The lowest BCUT2D eigenvalue weighted by Crippen LogP contribution is -2.40. The van der Waals surface area contributed by atoms with Crippen LogP contribution >= 0.6 is 23.2 Å². The molecule has 0 spiro atoms. The maximum Gasteiger partial charge on any atom is 0.252 e. The fourth-order valence-electron chi connectivity index (χ4n) is 3.47. The molecule has 1 amide bonds. The Morgan fingerprint density at radius 2 is 1.81 bits per heavy atom. The monoisotopic (exact) mass is 406 g/mol. The van der Waals surface area contributed by atoms with Crippen LogP contribution in [-0.4, -0.2) is 37.6 Å². The van der Waals surface area contributed by atoms with Gasteiger partial charge in [0.2, 0.25) is 0 Å². The Balaban J connectivity index is 1.76. The van der Waals surface area contributed by atoms with Crippen molar-refractivity contribution < 1.29 is 9.53 Å². The van der Waals surface area contributed by atoms with E-state index in [4.69, 9.17) is 27.9 Å². The summed E-state index contributed by atoms with van der Waals surface area (Å²) in [4.78, 5) is 15.1. The van der Waals surface area contributed by atoms with Crippen LogP contribution in [0.25, 0.3) is 0 Å². The van der Waals surface area contributed by atoms with E-state index in [-0.39, 0.29) is 11.9 Å². The topological polar surface area (TPSA) is 41.6 Å². The highest BCUT2D eigenvalue weighted by Crippen LogP contribution is 2.26. The van der Waals surface area contributed by atoms with Crippen molar-refractivity contribution in [2.45, 2.75) is 25.3 Å². The number of likely N-dealkylation sites (tertiary alicyclic amines) is 1. The largest absolute Gasteiger partial charge is 0.497 e. The van der Waals surface area contributed by atoms with Gasteiger partial charge in [-0.05, 0) is 61.8 Å². The van der Waals surface area contributed by atoms with Crippen molar-refractivity contribution in [1.82, 2.24) is 10.2 Å². The maximum absolute atomic E-state index is 12.6. The molecule has 2 aromatic carbocycles. The molecule has 27 heavy (non-hydrogen) atoms. The molecule has 1 unspecified atom stereocenters. The Kier molecular flexibility index (Phi) is 7.00. The van der Waals surface area contributed by atoms with Gasteiger partial charge in [0.25, 0.3) is 5.91 Å². The smallest absolute Gasteiger partial charge is 0.252 e. The number of carbonyl (C=O) groups excluding carboxylic acids is 1. The Morgan fingerprint density at radius 1 is 1.11 bits per heavy atom. The molecule has 3 rings (SSSR count). The number of amides is 1. The fourth-order valence-corrected chi connectivity index (χ4v) is 3.85. The lowest BCUT2D eigenvalue weighted by atomic mass is 10.0. The van der Waals surface area contributed by atoms with Gasteiger partial charge in [-0.2, -0.15) is 0 Å². The molecule has 0 bridgehead atoms. The van der Waals surface area contributed by atoms with Gasteiger partial charge in [0, 0.05) is 11.6 Å². The van der Waals surface area contributed by atoms with Gasteiger partial charge in [0.15, 0.2) is 0 Å². The van der Waals surface area contributed by atoms with E-state index < -0.39 is 0 Å². The molecule has 1 aliphatic heterocycles. The zero-order chi connectivity index (χ0) is 19.2. The van der Waals surface area contributed by atoms with Gasteiger partial charge in [-0.25, -0.2) is 0 Å². The minimum absolute atomic E-state index is 0.109. The molecule has 1 fully saturated rings. The molecule has 1 aliphatic rings. The van der Waals surface area contributed by atoms with Crippen LogP contribution in [0.3, 0.4) is 0 Å². The third kappa shape index (κ3) is 5.16. The molecule has 1 heterocycles. The van der Waals surface area contributed by atoms with Crippen LogP contribution in [0.15, 0.2) is 42.5 Å². The second-order valence-corrected chi connectivity index (χ2v) is 7.56. The van der Waals surface area contributed by atoms with Gasteiger partial charge >= 0.3 is 0 Å². The number of hydrogen-bond donors (Lipinski definition) is 1. The third-order valence-electron chi connectivity index (χ3n) is 4.96. The number of rotatable bonds is 6. The van der Waals surface area contributed by atoms with Gasteiger partial charge in [-0.1, -0.05) is 41.8 Å². The SMILES string of the molecule is COc1ccc(C(CNC(=O)c2cc(Cl)ccc2Cl)N2CCCCC2)cc1. The van der Waals surface area contributed by atoms with Crippen molar-refractivity contribution in [3.8, 4) is 5.75 Å². The predicted molar refractivity (Wildman–Crippen MR) is 110 cm³/mol. The van der Waals surface area contributed by atoms with E-state index in [0.29, 0.717) is 22.2 Å². The van der Waals surface area contributed by atoms with Gasteiger partial charge in [-0.15, -0.1) is 0 Å². The molecule has 0 aliphatic carbocycles. The average molecular weight is 407 g/mol. The highest BCUT2D eigenvalue weighted by Gasteiger charge is 2.23. The molecule has 6 heteroatoms. The molecular weight excluding hydrogens is 383 g/mol. The highest BCUT2D eigenvalue weighted by molar-refractivity contribution is 6.35. The number of ether oxygens (including phenoxy) is 1. The number of hydrogen-bond acceptors (Lipinski definition) is 3. The molecule has 2 aromatic rings. The van der Waals surface area contributed by atoms with E-state index in [1.807, 2.05) is 12.1 Å². The fraction of sp³-hybridized carbons (Fsp3) is 0.381. The zero-order valence-electron chi connectivity index (χ0n) is 15.4. The molecule has 1 atom stereocenters. The minimum atomic E-state index is -0.210. The lowest BCUT2D eigenvalue weighted by molar-refractivity contribution is 0.0924. The van der Waals surface area contributed by atoms with Crippen molar-refractivity contribution in [2.24, 2.45) is 0 Å². The quantitative estimate of drug-likeness (QED) is 0.736. The van der Waals surface area contributed by atoms with Crippen LogP contribution in [0.1, 0.15) is 41.2 Å². The van der Waals surface area contributed by atoms with Crippen LogP contribution in [0.4, 0.5) is 0 Å². The summed E-state index contributed by atoms with van der Waals surface area (Å²) in [7, 11) is 1.66. The van der Waals surface area contributed by atoms with Crippen molar-refractivity contribution in [3.63, 3.8) is 0 Å². The summed E-state index contributed by atoms with van der Waals surface area (Å²) in [5.41, 5.74) is 1.56. The van der Waals surface area contributed by atoms with Crippen LogP contribution < -0.4 is 10.1 Å². The molecule has 1 saturated heterocycles. The summed E-state index contributed by atoms with van der Waals surface area (Å²) in [6.45, 7) is 2.57. The van der Waals surface area contributed by atoms with Crippen molar-refractivity contribution in [2.75, 3.05) is 26.7 Å². The first-order valence-corrected chi connectivity index (χ1v) is 9.95. The van der Waals surface area contributed by atoms with Crippen LogP contribution in [0.2, 0.25) is 10.0 Å². The number of piperidine rings is 1. The first-order valence-electron chi connectivity index (χ1n) is 9.19. The number of halogens is 2. The van der Waals surface area contributed by atoms with Crippen LogP contribution in [0.5, 0.6) is 5.75 Å². The van der Waals surface area contributed by atoms with Gasteiger partial charge in [-0.3, -0.25) is 9.69 Å². The number of benzene rings is 2. The number of methoxy groups -OCH3 is 1. The summed E-state index contributed by atoms with van der Waals surface area (Å²) < 4.78 is 5.26. The Bertz CT molecular complexity index is 774.